The molecule has 0 saturated heterocycles. The van der Waals surface area contributed by atoms with E-state index in [9.17, 15) is 0 Å². The van der Waals surface area contributed by atoms with Crippen LogP contribution < -0.4 is 0 Å². The fourth-order valence-corrected chi connectivity index (χ4v) is 0.887. The van der Waals surface area contributed by atoms with Crippen molar-refractivity contribution >= 4 is 29.1 Å². The van der Waals surface area contributed by atoms with Crippen LogP contribution in [0.3, 0.4) is 0 Å². The molecule has 3 heteroatoms. The van der Waals surface area contributed by atoms with Crippen LogP contribution in [0.4, 0.5) is 0 Å². The van der Waals surface area contributed by atoms with Crippen molar-refractivity contribution in [2.75, 3.05) is 19.6 Å². The smallest absolute Gasteiger partial charge is 0.0521 e. The Hall–Kier alpha value is 0.360. The largest absolute Gasteiger partial charge is 0.295 e. The number of rotatable bonds is 0. The molecule has 40 valence electrons. The zero-order valence-corrected chi connectivity index (χ0v) is 6.13. The summed E-state index contributed by atoms with van der Waals surface area (Å²) in [4.78, 5) is 4.06. The number of halogens is 1. The second-order valence-corrected chi connectivity index (χ2v) is 2.82. The van der Waals surface area contributed by atoms with Crippen LogP contribution in [0.15, 0.2) is 4.99 Å². The van der Waals surface area contributed by atoms with Gasteiger partial charge in [-0.3, -0.25) is 4.99 Å². The molecule has 0 unspecified atom stereocenters. The van der Waals surface area contributed by atoms with Gasteiger partial charge in [-0.1, -0.05) is 0 Å². The zero-order valence-electron chi connectivity index (χ0n) is 3.97. The second-order valence-electron chi connectivity index (χ2n) is 1.46. The SMILES string of the molecule is IN1CC=NCC1. The number of aliphatic imine (C=N–C) groups is 1. The fourth-order valence-electron chi connectivity index (χ4n) is 0.495. The molecule has 0 radical (unpaired) electrons. The summed E-state index contributed by atoms with van der Waals surface area (Å²) in [6.07, 6.45) is 1.95. The van der Waals surface area contributed by atoms with Crippen molar-refractivity contribution in [3.63, 3.8) is 0 Å². The minimum atomic E-state index is 0.975. The molecule has 0 amide bonds. The van der Waals surface area contributed by atoms with Crippen LogP contribution in [0, 0.1) is 0 Å². The van der Waals surface area contributed by atoms with Gasteiger partial charge < -0.3 is 0 Å². The van der Waals surface area contributed by atoms with Crippen LogP contribution in [-0.4, -0.2) is 29.0 Å². The minimum absolute atomic E-state index is 0.975. The molecule has 0 aliphatic carbocycles. The maximum atomic E-state index is 4.06. The first kappa shape index (κ1) is 5.50. The summed E-state index contributed by atoms with van der Waals surface area (Å²) in [5.41, 5.74) is 0. The average molecular weight is 210 g/mol. The molecule has 0 bridgehead atoms. The van der Waals surface area contributed by atoms with Gasteiger partial charge in [0.1, 0.15) is 0 Å². The van der Waals surface area contributed by atoms with E-state index in [0.29, 0.717) is 0 Å². The van der Waals surface area contributed by atoms with Gasteiger partial charge in [-0.15, -0.1) is 0 Å². The summed E-state index contributed by atoms with van der Waals surface area (Å²) in [7, 11) is 0. The molecule has 2 nitrogen and oxygen atoms in total. The van der Waals surface area contributed by atoms with Gasteiger partial charge in [0.2, 0.25) is 0 Å². The molecular weight excluding hydrogens is 203 g/mol. The second kappa shape index (κ2) is 2.61. The van der Waals surface area contributed by atoms with Gasteiger partial charge >= 0.3 is 0 Å². The molecule has 0 aromatic rings. The molecule has 1 aliphatic heterocycles. The highest BCUT2D eigenvalue weighted by Gasteiger charge is 1.98. The molecule has 0 aromatic heterocycles. The monoisotopic (exact) mass is 210 g/mol. The predicted octanol–water partition coefficient (Wildman–Crippen LogP) is 0.723. The van der Waals surface area contributed by atoms with E-state index >= 15 is 0 Å². The number of nitrogens with zero attached hydrogens (tertiary/aromatic N) is 2. The van der Waals surface area contributed by atoms with Crippen molar-refractivity contribution in [1.82, 2.24) is 3.11 Å². The number of hydrogen-bond donors (Lipinski definition) is 0. The van der Waals surface area contributed by atoms with Gasteiger partial charge in [0.15, 0.2) is 0 Å². The molecule has 0 spiro atoms. The first-order chi connectivity index (χ1) is 3.39. The Labute approximate surface area is 57.1 Å². The van der Waals surface area contributed by atoms with Crippen LogP contribution in [0.1, 0.15) is 0 Å². The van der Waals surface area contributed by atoms with Crippen molar-refractivity contribution in [3.8, 4) is 0 Å². The van der Waals surface area contributed by atoms with Crippen LogP contribution in [0.25, 0.3) is 0 Å². The summed E-state index contributed by atoms with van der Waals surface area (Å²) < 4.78 is 2.21. The molecule has 0 N–H and O–H groups in total. The van der Waals surface area contributed by atoms with Crippen molar-refractivity contribution in [2.24, 2.45) is 4.99 Å². The van der Waals surface area contributed by atoms with E-state index in [-0.39, 0.29) is 0 Å². The van der Waals surface area contributed by atoms with Crippen molar-refractivity contribution in [3.05, 3.63) is 0 Å². The Balaban J connectivity index is 2.32. The molecule has 0 saturated carbocycles. The molecule has 0 fully saturated rings. The Bertz CT molecular complexity index is 81.8. The van der Waals surface area contributed by atoms with Crippen LogP contribution in [0.5, 0.6) is 0 Å². The summed E-state index contributed by atoms with van der Waals surface area (Å²) in [5, 5.41) is 0. The minimum Gasteiger partial charge on any atom is -0.295 e. The number of hydrogen-bond acceptors (Lipinski definition) is 2. The normalized spacial score (nSPS) is 23.0. The van der Waals surface area contributed by atoms with E-state index in [1.54, 1.807) is 0 Å². The summed E-state index contributed by atoms with van der Waals surface area (Å²) in [5.74, 6) is 0. The first-order valence-corrected chi connectivity index (χ1v) is 3.25. The van der Waals surface area contributed by atoms with Gasteiger partial charge in [-0.2, -0.15) is 0 Å². The summed E-state index contributed by atoms with van der Waals surface area (Å²) >= 11 is 2.30. The third kappa shape index (κ3) is 1.73. The van der Waals surface area contributed by atoms with Gasteiger partial charge in [0, 0.05) is 42.2 Å². The third-order valence-corrected chi connectivity index (χ3v) is 1.76. The van der Waals surface area contributed by atoms with Crippen LogP contribution in [-0.2, 0) is 0 Å². The van der Waals surface area contributed by atoms with Crippen LogP contribution >= 0.6 is 22.9 Å². The van der Waals surface area contributed by atoms with Crippen molar-refractivity contribution in [2.45, 2.75) is 0 Å². The average Bonchev–Trinajstić information content (AvgIpc) is 1.69. The Morgan fingerprint density at radius 2 is 2.57 bits per heavy atom. The Morgan fingerprint density at radius 3 is 2.86 bits per heavy atom. The lowest BCUT2D eigenvalue weighted by Crippen LogP contribution is -2.21. The third-order valence-electron chi connectivity index (χ3n) is 0.881. The van der Waals surface area contributed by atoms with E-state index in [0.717, 1.165) is 19.6 Å². The highest BCUT2D eigenvalue weighted by molar-refractivity contribution is 14.1. The summed E-state index contributed by atoms with van der Waals surface area (Å²) in [6, 6.07) is 0. The molecular formula is C4H7IN2. The fraction of sp³-hybridized carbons (Fsp3) is 0.750. The van der Waals surface area contributed by atoms with Gasteiger partial charge in [-0.25, -0.2) is 3.11 Å². The van der Waals surface area contributed by atoms with Crippen molar-refractivity contribution in [1.29, 1.82) is 0 Å². The molecule has 1 aliphatic rings. The highest BCUT2D eigenvalue weighted by atomic mass is 127. The molecule has 1 rings (SSSR count). The molecule has 0 atom stereocenters. The topological polar surface area (TPSA) is 15.6 Å². The Morgan fingerprint density at radius 1 is 1.71 bits per heavy atom. The van der Waals surface area contributed by atoms with E-state index in [4.69, 9.17) is 0 Å². The van der Waals surface area contributed by atoms with Gasteiger partial charge in [0.05, 0.1) is 6.54 Å². The van der Waals surface area contributed by atoms with Crippen molar-refractivity contribution < 1.29 is 0 Å². The summed E-state index contributed by atoms with van der Waals surface area (Å²) in [6.45, 7) is 3.10. The molecule has 0 aromatic carbocycles. The van der Waals surface area contributed by atoms with E-state index in [2.05, 4.69) is 31.0 Å². The lowest BCUT2D eigenvalue weighted by atomic mass is 10.5. The highest BCUT2D eigenvalue weighted by Crippen LogP contribution is 1.98. The van der Waals surface area contributed by atoms with E-state index in [1.807, 2.05) is 6.21 Å². The predicted molar refractivity (Wildman–Crippen MR) is 39.0 cm³/mol. The Kier molecular flexibility index (Phi) is 2.05. The maximum absolute atomic E-state index is 4.06. The van der Waals surface area contributed by atoms with Crippen LogP contribution in [0.2, 0.25) is 0 Å². The van der Waals surface area contributed by atoms with Gasteiger partial charge in [0.25, 0.3) is 0 Å². The lowest BCUT2D eigenvalue weighted by Gasteiger charge is -2.12. The first-order valence-electron chi connectivity index (χ1n) is 2.28. The zero-order chi connectivity index (χ0) is 5.11. The lowest BCUT2D eigenvalue weighted by molar-refractivity contribution is 0.571. The maximum Gasteiger partial charge on any atom is 0.0521 e. The molecule has 1 heterocycles. The standard InChI is InChI=1S/C4H7IN2/c5-7-3-1-6-2-4-7/h1H,2-4H2. The molecule has 7 heavy (non-hydrogen) atoms. The van der Waals surface area contributed by atoms with Gasteiger partial charge in [-0.05, 0) is 0 Å². The van der Waals surface area contributed by atoms with E-state index in [1.165, 1.54) is 0 Å². The quantitative estimate of drug-likeness (QED) is 0.425. The van der Waals surface area contributed by atoms with E-state index < -0.39 is 0 Å².